The van der Waals surface area contributed by atoms with Gasteiger partial charge in [0.15, 0.2) is 0 Å². The lowest BCUT2D eigenvalue weighted by Crippen LogP contribution is -2.17. The molecular weight excluding hydrogens is 166 g/mol. The lowest BCUT2D eigenvalue weighted by molar-refractivity contribution is 0.183. The molecular formula is C4H14B2O6. The van der Waals surface area contributed by atoms with Gasteiger partial charge in [-0.15, -0.1) is 0 Å². The predicted molar refractivity (Wildman–Crippen MR) is 43.5 cm³/mol. The van der Waals surface area contributed by atoms with Crippen molar-refractivity contribution < 1.29 is 29.8 Å². The summed E-state index contributed by atoms with van der Waals surface area (Å²) in [6.45, 7) is 2.43. The molecule has 0 radical (unpaired) electrons. The highest BCUT2D eigenvalue weighted by Crippen LogP contribution is 1.86. The first-order valence-corrected chi connectivity index (χ1v) is 3.52. The highest BCUT2D eigenvalue weighted by molar-refractivity contribution is 6.32. The fourth-order valence-corrected chi connectivity index (χ4v) is 0.333. The zero-order chi connectivity index (χ0) is 9.98. The molecule has 0 aliphatic heterocycles. The summed E-state index contributed by atoms with van der Waals surface area (Å²) in [6.07, 6.45) is 1.88. The summed E-state index contributed by atoms with van der Waals surface area (Å²) < 4.78 is 4.39. The maximum Gasteiger partial charge on any atom is 0.633 e. The molecule has 0 aromatic rings. The summed E-state index contributed by atoms with van der Waals surface area (Å²) in [5.41, 5.74) is 0. The fraction of sp³-hybridized carbons (Fsp3) is 1.00. The summed E-state index contributed by atoms with van der Waals surface area (Å²) in [5, 5.41) is 37.7. The molecule has 0 heterocycles. The molecule has 6 nitrogen and oxygen atoms in total. The van der Waals surface area contributed by atoms with Gasteiger partial charge < -0.3 is 29.8 Å². The minimum Gasteiger partial charge on any atom is -0.402 e. The minimum atomic E-state index is -2.17. The molecule has 0 atom stereocenters. The average molecular weight is 180 g/mol. The van der Waals surface area contributed by atoms with E-state index in [0.29, 0.717) is 6.61 Å². The Morgan fingerprint density at radius 1 is 1.08 bits per heavy atom. The van der Waals surface area contributed by atoms with Crippen LogP contribution in [0.3, 0.4) is 0 Å². The van der Waals surface area contributed by atoms with E-state index < -0.39 is 14.6 Å². The first-order valence-electron chi connectivity index (χ1n) is 3.52. The molecule has 0 fully saturated rings. The molecule has 0 aliphatic rings. The molecule has 0 spiro atoms. The predicted octanol–water partition coefficient (Wildman–Crippen LogP) is -2.28. The molecule has 12 heavy (non-hydrogen) atoms. The molecule has 0 rings (SSSR count). The van der Waals surface area contributed by atoms with Crippen molar-refractivity contribution >= 4 is 14.6 Å². The van der Waals surface area contributed by atoms with Crippen LogP contribution in [0, 0.1) is 0 Å². The number of hydrogen-bond acceptors (Lipinski definition) is 6. The molecule has 0 saturated heterocycles. The second-order valence-corrected chi connectivity index (χ2v) is 1.90. The average Bonchev–Trinajstić information content (AvgIpc) is 1.86. The van der Waals surface area contributed by atoms with Crippen molar-refractivity contribution in [3.8, 4) is 0 Å². The number of rotatable bonds is 4. The van der Waals surface area contributed by atoms with Gasteiger partial charge in [-0.2, -0.15) is 0 Å². The first kappa shape index (κ1) is 14.4. The van der Waals surface area contributed by atoms with Gasteiger partial charge in [-0.3, -0.25) is 0 Å². The summed E-state index contributed by atoms with van der Waals surface area (Å²) in [7, 11) is -3.76. The second-order valence-electron chi connectivity index (χ2n) is 1.90. The van der Waals surface area contributed by atoms with Crippen LogP contribution in [0.25, 0.3) is 0 Å². The molecule has 8 heteroatoms. The van der Waals surface area contributed by atoms with Gasteiger partial charge in [0.25, 0.3) is 0 Å². The van der Waals surface area contributed by atoms with Crippen molar-refractivity contribution in [1.82, 2.24) is 0 Å². The molecule has 0 aromatic carbocycles. The van der Waals surface area contributed by atoms with Crippen molar-refractivity contribution in [2.45, 2.75) is 19.8 Å². The lowest BCUT2D eigenvalue weighted by Gasteiger charge is -1.97. The van der Waals surface area contributed by atoms with Gasteiger partial charge >= 0.3 is 14.6 Å². The van der Waals surface area contributed by atoms with Crippen molar-refractivity contribution in [1.29, 1.82) is 0 Å². The van der Waals surface area contributed by atoms with Gasteiger partial charge in [0.2, 0.25) is 0 Å². The van der Waals surface area contributed by atoms with Crippen LogP contribution in [0.15, 0.2) is 0 Å². The zero-order valence-corrected chi connectivity index (χ0v) is 6.92. The third kappa shape index (κ3) is 32.7. The van der Waals surface area contributed by atoms with Crippen molar-refractivity contribution in [3.63, 3.8) is 0 Å². The lowest BCUT2D eigenvalue weighted by atomic mass is 10.2. The largest absolute Gasteiger partial charge is 0.633 e. The van der Waals surface area contributed by atoms with E-state index in [1.54, 1.807) is 0 Å². The van der Waals surface area contributed by atoms with Crippen molar-refractivity contribution in [2.75, 3.05) is 6.61 Å². The van der Waals surface area contributed by atoms with Gasteiger partial charge in [0.1, 0.15) is 0 Å². The van der Waals surface area contributed by atoms with Gasteiger partial charge in [-0.1, -0.05) is 13.3 Å². The maximum absolute atomic E-state index is 8.11. The Bertz CT molecular complexity index is 77.2. The van der Waals surface area contributed by atoms with Crippen LogP contribution in [0.5, 0.6) is 0 Å². The fourth-order valence-electron chi connectivity index (χ4n) is 0.333. The molecule has 0 aromatic heterocycles. The zero-order valence-electron chi connectivity index (χ0n) is 6.92. The van der Waals surface area contributed by atoms with E-state index in [4.69, 9.17) is 25.1 Å². The number of hydrogen-bond donors (Lipinski definition) is 5. The van der Waals surface area contributed by atoms with Crippen LogP contribution in [0.4, 0.5) is 0 Å². The van der Waals surface area contributed by atoms with Crippen molar-refractivity contribution in [2.24, 2.45) is 0 Å². The summed E-state index contributed by atoms with van der Waals surface area (Å²) in [5.74, 6) is 0. The smallest absolute Gasteiger partial charge is 0.402 e. The third-order valence-electron chi connectivity index (χ3n) is 0.765. The van der Waals surface area contributed by atoms with E-state index in [0.717, 1.165) is 12.8 Å². The van der Waals surface area contributed by atoms with Crippen LogP contribution in [0.2, 0.25) is 0 Å². The van der Waals surface area contributed by atoms with Crippen LogP contribution in [-0.2, 0) is 4.65 Å². The Hall–Kier alpha value is -0.110. The van der Waals surface area contributed by atoms with E-state index in [2.05, 4.69) is 4.65 Å². The topological polar surface area (TPSA) is 110 Å². The van der Waals surface area contributed by atoms with Crippen LogP contribution in [-0.4, -0.2) is 46.4 Å². The summed E-state index contributed by atoms with van der Waals surface area (Å²) in [4.78, 5) is 0. The molecule has 0 aliphatic carbocycles. The van der Waals surface area contributed by atoms with E-state index in [1.807, 2.05) is 6.92 Å². The van der Waals surface area contributed by atoms with Crippen LogP contribution in [0.1, 0.15) is 19.8 Å². The van der Waals surface area contributed by atoms with Gasteiger partial charge in [0, 0.05) is 6.61 Å². The van der Waals surface area contributed by atoms with E-state index in [-0.39, 0.29) is 0 Å². The first-order chi connectivity index (χ1) is 5.50. The normalized spacial score (nSPS) is 8.50. The van der Waals surface area contributed by atoms with Gasteiger partial charge in [-0.05, 0) is 6.42 Å². The highest BCUT2D eigenvalue weighted by atomic mass is 16.6. The van der Waals surface area contributed by atoms with Crippen LogP contribution < -0.4 is 0 Å². The standard InChI is InChI=1S/C4H11BO3.BH3O3/c1-2-3-4-8-5(6)7;2-1(3)4/h6-7H,2-4H2,1H3;2-4H. The molecule has 0 saturated carbocycles. The maximum atomic E-state index is 8.11. The van der Waals surface area contributed by atoms with E-state index in [9.17, 15) is 0 Å². The molecule has 0 bridgehead atoms. The Labute approximate surface area is 71.8 Å². The monoisotopic (exact) mass is 180 g/mol. The Balaban J connectivity index is 0. The van der Waals surface area contributed by atoms with Gasteiger partial charge in [-0.25, -0.2) is 0 Å². The Kier molecular flexibility index (Phi) is 13.1. The molecule has 72 valence electrons. The van der Waals surface area contributed by atoms with Crippen molar-refractivity contribution in [3.05, 3.63) is 0 Å². The molecule has 0 unspecified atom stereocenters. The molecule has 5 N–H and O–H groups in total. The SMILES string of the molecule is CCCCOB(O)O.OB(O)O. The third-order valence-corrected chi connectivity index (χ3v) is 0.765. The van der Waals surface area contributed by atoms with Crippen LogP contribution >= 0.6 is 0 Å². The highest BCUT2D eigenvalue weighted by Gasteiger charge is 2.05. The van der Waals surface area contributed by atoms with Gasteiger partial charge in [0.05, 0.1) is 0 Å². The molecule has 0 amide bonds. The van der Waals surface area contributed by atoms with E-state index in [1.165, 1.54) is 0 Å². The number of unbranched alkanes of at least 4 members (excludes halogenated alkanes) is 1. The quantitative estimate of drug-likeness (QED) is 0.246. The van der Waals surface area contributed by atoms with E-state index >= 15 is 0 Å². The minimum absolute atomic E-state index is 0.425. The summed E-state index contributed by atoms with van der Waals surface area (Å²) >= 11 is 0. The Morgan fingerprint density at radius 2 is 1.50 bits per heavy atom. The summed E-state index contributed by atoms with van der Waals surface area (Å²) in [6, 6.07) is 0. The Morgan fingerprint density at radius 3 is 1.75 bits per heavy atom. The second kappa shape index (κ2) is 10.9.